The van der Waals surface area contributed by atoms with Gasteiger partial charge in [0.1, 0.15) is 0 Å². The fourth-order valence-corrected chi connectivity index (χ4v) is 3.21. The Balaban J connectivity index is 1.62. The Bertz CT molecular complexity index is 791. The van der Waals surface area contributed by atoms with Crippen molar-refractivity contribution >= 4 is 29.6 Å². The zero-order chi connectivity index (χ0) is 25.5. The van der Waals surface area contributed by atoms with Gasteiger partial charge < -0.3 is 15.5 Å². The molecule has 0 bridgehead atoms. The topological polar surface area (TPSA) is 125 Å². The normalized spacial score (nSPS) is 23.0. The first-order chi connectivity index (χ1) is 15.8. The van der Waals surface area contributed by atoms with E-state index in [1.807, 2.05) is 0 Å². The monoisotopic (exact) mass is 424 g/mol. The Hall–Kier alpha value is -2.49. The Morgan fingerprint density at radius 3 is 2.55 bits per heavy atom. The Morgan fingerprint density at radius 1 is 1.14 bits per heavy atom. The van der Waals surface area contributed by atoms with Gasteiger partial charge in [-0.1, -0.05) is 13.2 Å². The van der Waals surface area contributed by atoms with Gasteiger partial charge >= 0.3 is 5.97 Å². The van der Waals surface area contributed by atoms with E-state index >= 15 is 0 Å². The molecule has 2 heterocycles. The van der Waals surface area contributed by atoms with Crippen molar-refractivity contribution in [1.82, 2.24) is 20.6 Å². The summed E-state index contributed by atoms with van der Waals surface area (Å²) in [7, 11) is 0. The highest BCUT2D eigenvalue weighted by molar-refractivity contribution is 6.01. The molecule has 162 valence electrons. The van der Waals surface area contributed by atoms with Crippen LogP contribution in [0.3, 0.4) is 0 Å². The Morgan fingerprint density at radius 2 is 1.83 bits per heavy atom. The summed E-state index contributed by atoms with van der Waals surface area (Å²) in [4.78, 5) is 64.9. The van der Waals surface area contributed by atoms with E-state index in [2.05, 4.69) is 15.5 Å². The van der Waals surface area contributed by atoms with Crippen LogP contribution in [0.15, 0.2) is 0 Å². The van der Waals surface area contributed by atoms with Gasteiger partial charge in [-0.2, -0.15) is 0 Å². The third-order valence-corrected chi connectivity index (χ3v) is 4.71. The molecule has 2 saturated heterocycles. The molecule has 2 rings (SSSR count). The van der Waals surface area contributed by atoms with Crippen molar-refractivity contribution in [2.75, 3.05) is 26.2 Å². The number of carbonyl (C=O) groups excluding carboxylic acids is 5. The van der Waals surface area contributed by atoms with E-state index in [9.17, 15) is 24.0 Å². The summed E-state index contributed by atoms with van der Waals surface area (Å²) in [6.45, 7) is -2.23. The van der Waals surface area contributed by atoms with Gasteiger partial charge in [0.15, 0.2) is 0 Å². The summed E-state index contributed by atoms with van der Waals surface area (Å²) in [5.41, 5.74) is 0. The minimum Gasteiger partial charge on any atom is -0.355 e. The average molecular weight is 424 g/mol. The van der Waals surface area contributed by atoms with Crippen LogP contribution in [0.2, 0.25) is 0 Å². The summed E-state index contributed by atoms with van der Waals surface area (Å²) in [6, 6.07) is -0.352. The van der Waals surface area contributed by atoms with Gasteiger partial charge in [-0.15, -0.1) is 5.06 Å². The van der Waals surface area contributed by atoms with Crippen molar-refractivity contribution in [2.45, 2.75) is 64.2 Å². The maximum absolute atomic E-state index is 12.2. The highest BCUT2D eigenvalue weighted by Gasteiger charge is 2.32. The Labute approximate surface area is 177 Å². The third kappa shape index (κ3) is 7.45. The molecule has 29 heavy (non-hydrogen) atoms. The summed E-state index contributed by atoms with van der Waals surface area (Å²) in [6.07, 6.45) is -1.50. The third-order valence-electron chi connectivity index (χ3n) is 4.71. The largest absolute Gasteiger partial charge is 0.355 e. The molecule has 1 unspecified atom stereocenters. The first kappa shape index (κ1) is 16.3. The van der Waals surface area contributed by atoms with Crippen LogP contribution in [0.4, 0.5) is 0 Å². The molecule has 10 nitrogen and oxygen atoms in total. The lowest BCUT2D eigenvalue weighted by Crippen LogP contribution is -2.41. The van der Waals surface area contributed by atoms with E-state index in [1.54, 1.807) is 4.90 Å². The summed E-state index contributed by atoms with van der Waals surface area (Å²) >= 11 is 0. The van der Waals surface area contributed by atoms with Crippen LogP contribution in [-0.4, -0.2) is 71.8 Å². The SMILES string of the molecule is [2H][13C]([2H])([2H])[13C]([2H])([2H])[13CH2][13CH]1[13CH2][13CH2][13CH2]N1[13CH2]C(=O)NCCC(=O)NCC[13C](=O)ON1C(=O)CCC1=O. The van der Waals surface area contributed by atoms with Crippen molar-refractivity contribution in [1.29, 1.82) is 0 Å². The number of nitrogens with one attached hydrogen (secondary N) is 2. The lowest BCUT2D eigenvalue weighted by atomic mass is 10.4. The van der Waals surface area contributed by atoms with Crippen LogP contribution < -0.4 is 10.6 Å². The first-order valence-corrected chi connectivity index (χ1v) is 9.64. The minimum atomic E-state index is -2.74. The predicted octanol–water partition coefficient (Wildman–Crippen LogP) is -0.129. The van der Waals surface area contributed by atoms with Gasteiger partial charge in [0.05, 0.1) is 13.0 Å². The number of hydrogen-bond donors (Lipinski definition) is 2. The number of hydrogen-bond acceptors (Lipinski definition) is 7. The zero-order valence-corrected chi connectivity index (χ0v) is 16.2. The van der Waals surface area contributed by atoms with Gasteiger partial charge in [0.25, 0.3) is 11.8 Å². The second-order valence-electron chi connectivity index (χ2n) is 6.89. The van der Waals surface area contributed by atoms with Crippen LogP contribution in [0, 0.1) is 0 Å². The second-order valence-corrected chi connectivity index (χ2v) is 6.89. The molecule has 0 aromatic rings. The Kier molecular flexibility index (Phi) is 6.47. The van der Waals surface area contributed by atoms with Crippen LogP contribution in [0.5, 0.6) is 0 Å². The van der Waals surface area contributed by atoms with Crippen molar-refractivity contribution in [3.8, 4) is 0 Å². The average Bonchev–Trinajstić information content (AvgIpc) is 3.27. The van der Waals surface area contributed by atoms with Gasteiger partial charge in [-0.05, 0) is 25.8 Å². The molecule has 2 aliphatic rings. The van der Waals surface area contributed by atoms with Crippen molar-refractivity contribution in [2.24, 2.45) is 0 Å². The maximum atomic E-state index is 12.2. The smallest absolute Gasteiger partial charge is 0.334 e. The molecular weight excluding hydrogens is 389 g/mol. The van der Waals surface area contributed by atoms with Crippen LogP contribution in [0.25, 0.3) is 0 Å². The molecule has 2 aliphatic heterocycles. The predicted molar refractivity (Wildman–Crippen MR) is 102 cm³/mol. The summed E-state index contributed by atoms with van der Waals surface area (Å²) < 4.78 is 37.6. The number of imide groups is 1. The number of likely N-dealkylation sites (tertiary alicyclic amines) is 1. The van der Waals surface area contributed by atoms with E-state index in [4.69, 9.17) is 6.85 Å². The lowest BCUT2D eigenvalue weighted by Gasteiger charge is -2.23. The molecule has 2 fully saturated rings. The molecule has 10 heteroatoms. The van der Waals surface area contributed by atoms with Gasteiger partial charge in [-0.3, -0.25) is 24.1 Å². The van der Waals surface area contributed by atoms with Crippen LogP contribution in [-0.2, 0) is 28.8 Å². The molecule has 0 aliphatic carbocycles. The molecule has 0 radical (unpaired) electrons. The lowest BCUT2D eigenvalue weighted by molar-refractivity contribution is -0.197. The molecule has 0 aromatic heterocycles. The molecular formula is C19H30N4O6. The van der Waals surface area contributed by atoms with Crippen LogP contribution >= 0.6 is 0 Å². The van der Waals surface area contributed by atoms with Crippen molar-refractivity contribution < 1.29 is 35.7 Å². The summed E-state index contributed by atoms with van der Waals surface area (Å²) in [5.74, 6) is -2.80. The fourth-order valence-electron chi connectivity index (χ4n) is 3.21. The molecule has 0 aromatic carbocycles. The number of amides is 4. The number of hydroxylamine groups is 2. The standard InChI is InChI=1S/C19H30N4O6/c1-2-4-14-5-3-12-22(14)13-16(25)21-10-8-15(24)20-11-9-19(28)29-23-17(26)6-7-18(23)27/h14H,2-13H2,1H3,(H,20,24)(H,21,25)/i1+1D3,2+1D2,3+1,4+1,5+1,12+1,13+1,14+1,19+1. The van der Waals surface area contributed by atoms with Gasteiger partial charge in [0.2, 0.25) is 11.8 Å². The van der Waals surface area contributed by atoms with Crippen molar-refractivity contribution in [3.63, 3.8) is 0 Å². The van der Waals surface area contributed by atoms with Crippen LogP contribution in [0.1, 0.15) is 65.0 Å². The fraction of sp³-hybridized carbons (Fsp3) is 0.737. The van der Waals surface area contributed by atoms with E-state index in [1.165, 1.54) is 0 Å². The zero-order valence-electron chi connectivity index (χ0n) is 21.2. The second kappa shape index (κ2) is 11.5. The van der Waals surface area contributed by atoms with Gasteiger partial charge in [0, 0.05) is 45.2 Å². The van der Waals surface area contributed by atoms with E-state index in [0.717, 1.165) is 6.42 Å². The van der Waals surface area contributed by atoms with Crippen molar-refractivity contribution in [3.05, 3.63) is 0 Å². The highest BCUT2D eigenvalue weighted by atomic mass is 16.8. The molecule has 4 amide bonds. The maximum Gasteiger partial charge on any atom is 0.334 e. The van der Waals surface area contributed by atoms with E-state index in [0.29, 0.717) is 18.0 Å². The van der Waals surface area contributed by atoms with E-state index in [-0.39, 0.29) is 63.7 Å². The number of rotatable bonds is 11. The molecule has 1 atom stereocenters. The minimum absolute atomic E-state index is 0.00947. The number of nitrogens with zero attached hydrogens (tertiary/aromatic N) is 2. The van der Waals surface area contributed by atoms with E-state index < -0.39 is 36.9 Å². The molecule has 0 saturated carbocycles. The first-order valence-electron chi connectivity index (χ1n) is 12.1. The quantitative estimate of drug-likeness (QED) is 0.350. The number of carbonyl (C=O) groups is 5. The highest BCUT2D eigenvalue weighted by Crippen LogP contribution is 2.20. The molecule has 2 N–H and O–H groups in total. The summed E-state index contributed by atoms with van der Waals surface area (Å²) in [5, 5.41) is 5.49. The van der Waals surface area contributed by atoms with Gasteiger partial charge in [-0.25, -0.2) is 4.79 Å². The molecule has 0 spiro atoms.